The van der Waals surface area contributed by atoms with Crippen LogP contribution in [-0.4, -0.2) is 37.1 Å². The van der Waals surface area contributed by atoms with Crippen molar-refractivity contribution < 1.29 is 28.6 Å². The van der Waals surface area contributed by atoms with Crippen LogP contribution >= 0.6 is 0 Å². The second-order valence-corrected chi connectivity index (χ2v) is 4.43. The number of halogens is 2. The highest BCUT2D eigenvalue weighted by molar-refractivity contribution is 5.93. The molecule has 7 nitrogen and oxygen atoms in total. The largest absolute Gasteiger partial charge is 0.480 e. The minimum absolute atomic E-state index is 0.0269. The van der Waals surface area contributed by atoms with Crippen molar-refractivity contribution >= 4 is 11.9 Å². The number of aromatic nitrogens is 3. The summed E-state index contributed by atoms with van der Waals surface area (Å²) < 4.78 is 27.3. The second kappa shape index (κ2) is 5.88. The van der Waals surface area contributed by atoms with Crippen molar-refractivity contribution in [3.05, 3.63) is 35.5 Å². The molecular formula is C13H11F2N3O4. The van der Waals surface area contributed by atoms with E-state index in [0.29, 0.717) is 0 Å². The predicted octanol–water partition coefficient (Wildman–Crippen LogP) is 1.96. The summed E-state index contributed by atoms with van der Waals surface area (Å²) in [6, 6.07) is 1.54. The third-order valence-electron chi connectivity index (χ3n) is 3.06. The van der Waals surface area contributed by atoms with E-state index in [-0.39, 0.29) is 17.7 Å². The number of rotatable bonds is 5. The highest BCUT2D eigenvalue weighted by Crippen LogP contribution is 2.27. The molecule has 9 heteroatoms. The molecule has 0 spiro atoms. The molecule has 0 amide bonds. The number of aromatic carboxylic acids is 1. The molecule has 1 atom stereocenters. The fourth-order valence-electron chi connectivity index (χ4n) is 2.02. The molecule has 0 radical (unpaired) electrons. The molecule has 0 fully saturated rings. The number of carbonyl (C=O) groups is 2. The number of carboxylic acid groups (broad SMARTS) is 2. The van der Waals surface area contributed by atoms with E-state index in [2.05, 4.69) is 10.3 Å². The summed E-state index contributed by atoms with van der Waals surface area (Å²) in [5.41, 5.74) is -0.757. The van der Waals surface area contributed by atoms with Gasteiger partial charge in [0.2, 0.25) is 0 Å². The summed E-state index contributed by atoms with van der Waals surface area (Å²) in [6.45, 7) is 1.57. The Morgan fingerprint density at radius 2 is 1.95 bits per heavy atom. The highest BCUT2D eigenvalue weighted by Gasteiger charge is 2.28. The molecule has 0 aliphatic carbocycles. The molecule has 1 heterocycles. The molecule has 1 unspecified atom stereocenters. The monoisotopic (exact) mass is 311 g/mol. The number of aliphatic carboxylic acids is 1. The van der Waals surface area contributed by atoms with Crippen LogP contribution in [0.25, 0.3) is 11.3 Å². The van der Waals surface area contributed by atoms with E-state index in [1.807, 2.05) is 0 Å². The Balaban J connectivity index is 2.70. The zero-order valence-corrected chi connectivity index (χ0v) is 11.3. The third kappa shape index (κ3) is 2.65. The lowest BCUT2D eigenvalue weighted by molar-refractivity contribution is -0.141. The molecule has 1 aromatic heterocycles. The van der Waals surface area contributed by atoms with Crippen molar-refractivity contribution in [2.45, 2.75) is 19.4 Å². The van der Waals surface area contributed by atoms with Gasteiger partial charge in [-0.3, -0.25) is 0 Å². The number of hydrogen-bond donors (Lipinski definition) is 2. The zero-order chi connectivity index (χ0) is 16.4. The van der Waals surface area contributed by atoms with Crippen LogP contribution in [0.5, 0.6) is 0 Å². The fraction of sp³-hybridized carbons (Fsp3) is 0.231. The first-order valence-corrected chi connectivity index (χ1v) is 6.23. The second-order valence-electron chi connectivity index (χ2n) is 4.43. The van der Waals surface area contributed by atoms with Gasteiger partial charge in [0.25, 0.3) is 0 Å². The molecule has 0 aliphatic heterocycles. The maximum absolute atomic E-state index is 13.4. The van der Waals surface area contributed by atoms with Crippen LogP contribution in [0, 0.1) is 11.6 Å². The Kier molecular flexibility index (Phi) is 4.15. The van der Waals surface area contributed by atoms with Crippen LogP contribution in [0.3, 0.4) is 0 Å². The van der Waals surface area contributed by atoms with Gasteiger partial charge < -0.3 is 10.2 Å². The maximum Gasteiger partial charge on any atom is 0.358 e. The molecule has 0 saturated heterocycles. The van der Waals surface area contributed by atoms with Gasteiger partial charge in [-0.05, 0) is 24.6 Å². The van der Waals surface area contributed by atoms with Crippen LogP contribution in [0.2, 0.25) is 0 Å². The Hall–Kier alpha value is -2.84. The average Bonchev–Trinajstić information content (AvgIpc) is 2.87. The van der Waals surface area contributed by atoms with Gasteiger partial charge in [0.15, 0.2) is 23.4 Å². The van der Waals surface area contributed by atoms with Crippen LogP contribution in [0.1, 0.15) is 29.9 Å². The van der Waals surface area contributed by atoms with Crippen LogP contribution < -0.4 is 0 Å². The van der Waals surface area contributed by atoms with E-state index in [1.54, 1.807) is 6.92 Å². The quantitative estimate of drug-likeness (QED) is 0.874. The van der Waals surface area contributed by atoms with Crippen LogP contribution in [-0.2, 0) is 4.79 Å². The fourth-order valence-corrected chi connectivity index (χ4v) is 2.02. The van der Waals surface area contributed by atoms with E-state index in [0.717, 1.165) is 22.9 Å². The number of nitrogens with zero attached hydrogens (tertiary/aromatic N) is 3. The van der Waals surface area contributed by atoms with E-state index in [9.17, 15) is 23.5 Å². The van der Waals surface area contributed by atoms with Gasteiger partial charge in [-0.15, -0.1) is 5.10 Å². The molecule has 1 aromatic carbocycles. The van der Waals surface area contributed by atoms with Gasteiger partial charge in [0.05, 0.1) is 0 Å². The summed E-state index contributed by atoms with van der Waals surface area (Å²) in [7, 11) is 0. The normalized spacial score (nSPS) is 12.1. The molecule has 2 rings (SSSR count). The zero-order valence-electron chi connectivity index (χ0n) is 11.3. The Labute approximate surface area is 122 Å². The van der Waals surface area contributed by atoms with Crippen LogP contribution in [0.15, 0.2) is 18.2 Å². The van der Waals surface area contributed by atoms with Gasteiger partial charge in [-0.25, -0.2) is 23.1 Å². The number of benzene rings is 1. The Bertz CT molecular complexity index is 745. The SMILES string of the molecule is CCC(C(=O)O)n1nnc(C(=O)O)c1-c1ccc(F)c(F)c1. The Morgan fingerprint density at radius 3 is 2.45 bits per heavy atom. The summed E-state index contributed by atoms with van der Waals surface area (Å²) in [5, 5.41) is 25.3. The van der Waals surface area contributed by atoms with E-state index in [4.69, 9.17) is 5.11 Å². The highest BCUT2D eigenvalue weighted by atomic mass is 19.2. The van der Waals surface area contributed by atoms with Crippen molar-refractivity contribution in [1.82, 2.24) is 15.0 Å². The van der Waals surface area contributed by atoms with Crippen molar-refractivity contribution in [3.63, 3.8) is 0 Å². The van der Waals surface area contributed by atoms with Gasteiger partial charge >= 0.3 is 11.9 Å². The first-order valence-electron chi connectivity index (χ1n) is 6.23. The number of hydrogen-bond acceptors (Lipinski definition) is 4. The Morgan fingerprint density at radius 1 is 1.27 bits per heavy atom. The first-order chi connectivity index (χ1) is 10.4. The molecule has 2 aromatic rings. The minimum Gasteiger partial charge on any atom is -0.480 e. The third-order valence-corrected chi connectivity index (χ3v) is 3.06. The molecule has 0 bridgehead atoms. The predicted molar refractivity (Wildman–Crippen MR) is 69.3 cm³/mol. The lowest BCUT2D eigenvalue weighted by Crippen LogP contribution is -2.20. The van der Waals surface area contributed by atoms with Gasteiger partial charge in [0, 0.05) is 5.56 Å². The van der Waals surface area contributed by atoms with Gasteiger partial charge in [0.1, 0.15) is 5.69 Å². The van der Waals surface area contributed by atoms with Gasteiger partial charge in [-0.2, -0.15) is 0 Å². The van der Waals surface area contributed by atoms with Crippen molar-refractivity contribution in [2.75, 3.05) is 0 Å². The van der Waals surface area contributed by atoms with E-state index >= 15 is 0 Å². The van der Waals surface area contributed by atoms with Crippen molar-refractivity contribution in [3.8, 4) is 11.3 Å². The molecule has 0 aliphatic rings. The van der Waals surface area contributed by atoms with Gasteiger partial charge in [-0.1, -0.05) is 12.1 Å². The summed E-state index contributed by atoms with van der Waals surface area (Å²) >= 11 is 0. The first kappa shape index (κ1) is 15.5. The summed E-state index contributed by atoms with van der Waals surface area (Å²) in [4.78, 5) is 22.5. The molecular weight excluding hydrogens is 300 g/mol. The van der Waals surface area contributed by atoms with E-state index < -0.39 is 35.3 Å². The van der Waals surface area contributed by atoms with Crippen LogP contribution in [0.4, 0.5) is 8.78 Å². The summed E-state index contributed by atoms with van der Waals surface area (Å²) in [5.74, 6) is -4.99. The smallest absolute Gasteiger partial charge is 0.358 e. The molecule has 0 saturated carbocycles. The molecule has 22 heavy (non-hydrogen) atoms. The summed E-state index contributed by atoms with van der Waals surface area (Å²) in [6.07, 6.45) is 0.106. The van der Waals surface area contributed by atoms with E-state index in [1.165, 1.54) is 0 Å². The standard InChI is InChI=1S/C13H11F2N3O4/c1-2-9(12(19)20)18-11(10(13(21)22)16-17-18)6-3-4-7(14)8(15)5-6/h3-5,9H,2H2,1H3,(H,19,20)(H,21,22). The minimum atomic E-state index is -1.45. The van der Waals surface area contributed by atoms with Crippen molar-refractivity contribution in [2.24, 2.45) is 0 Å². The molecule has 116 valence electrons. The molecule has 2 N–H and O–H groups in total. The topological polar surface area (TPSA) is 105 Å². The maximum atomic E-state index is 13.4. The lowest BCUT2D eigenvalue weighted by atomic mass is 10.1. The van der Waals surface area contributed by atoms with Crippen molar-refractivity contribution in [1.29, 1.82) is 0 Å². The lowest BCUT2D eigenvalue weighted by Gasteiger charge is -2.13. The average molecular weight is 311 g/mol. The number of carboxylic acids is 2.